The second kappa shape index (κ2) is 10.5. The lowest BCUT2D eigenvalue weighted by Gasteiger charge is -2.13. The number of nitriles is 1. The van der Waals surface area contributed by atoms with Crippen LogP contribution in [0.5, 0.6) is 0 Å². The van der Waals surface area contributed by atoms with E-state index in [1.165, 1.54) is 66.3 Å². The molecule has 0 saturated heterocycles. The molecule has 0 radical (unpaired) electrons. The highest BCUT2D eigenvalue weighted by Crippen LogP contribution is 2.33. The van der Waals surface area contributed by atoms with E-state index in [1.807, 2.05) is 12.1 Å². The monoisotopic (exact) mass is 367 g/mol. The number of hydrogen-bond donors (Lipinski definition) is 0. The number of hydrogen-bond acceptors (Lipinski definition) is 1. The van der Waals surface area contributed by atoms with Gasteiger partial charge in [0.25, 0.3) is 0 Å². The summed E-state index contributed by atoms with van der Waals surface area (Å²) in [6.45, 7) is 2.26. The molecule has 142 valence electrons. The highest BCUT2D eigenvalue weighted by Gasteiger charge is 2.09. The molecular weight excluding hydrogens is 338 g/mol. The van der Waals surface area contributed by atoms with Crippen LogP contribution in [0, 0.1) is 11.3 Å². The summed E-state index contributed by atoms with van der Waals surface area (Å²) in [4.78, 5) is 0. The lowest BCUT2D eigenvalue weighted by atomic mass is 9.91. The Hall–Kier alpha value is -2.85. The molecule has 3 aromatic rings. The largest absolute Gasteiger partial charge is 0.192 e. The van der Waals surface area contributed by atoms with E-state index in [0.29, 0.717) is 5.56 Å². The normalized spacial score (nSPS) is 10.6. The Balaban J connectivity index is 1.84. The first-order chi connectivity index (χ1) is 13.8. The predicted molar refractivity (Wildman–Crippen MR) is 119 cm³/mol. The van der Waals surface area contributed by atoms with Gasteiger partial charge in [0.05, 0.1) is 11.6 Å². The molecule has 0 aromatic heterocycles. The Morgan fingerprint density at radius 3 is 2.07 bits per heavy atom. The van der Waals surface area contributed by atoms with Gasteiger partial charge >= 0.3 is 0 Å². The molecule has 3 rings (SSSR count). The van der Waals surface area contributed by atoms with E-state index in [0.717, 1.165) is 6.42 Å². The first kappa shape index (κ1) is 19.9. The van der Waals surface area contributed by atoms with E-state index in [4.69, 9.17) is 5.26 Å². The van der Waals surface area contributed by atoms with Gasteiger partial charge in [-0.15, -0.1) is 0 Å². The zero-order chi connectivity index (χ0) is 19.6. The zero-order valence-corrected chi connectivity index (χ0v) is 16.8. The SMILES string of the molecule is CCCCCCCCc1ccc(-c2ccccc2)c(-c2ccc(C#N)cc2)c1. The number of aryl methyl sites for hydroxylation is 1. The summed E-state index contributed by atoms with van der Waals surface area (Å²) in [5.74, 6) is 0. The Kier molecular flexibility index (Phi) is 7.44. The fourth-order valence-corrected chi connectivity index (χ4v) is 3.69. The van der Waals surface area contributed by atoms with Gasteiger partial charge in [-0.3, -0.25) is 0 Å². The van der Waals surface area contributed by atoms with Gasteiger partial charge in [-0.05, 0) is 52.8 Å². The fraction of sp³-hybridized carbons (Fsp3) is 0.296. The van der Waals surface area contributed by atoms with Crippen molar-refractivity contribution in [3.05, 3.63) is 83.9 Å². The minimum atomic E-state index is 0.702. The summed E-state index contributed by atoms with van der Waals surface area (Å²) in [7, 11) is 0. The van der Waals surface area contributed by atoms with Gasteiger partial charge in [-0.1, -0.05) is 99.7 Å². The second-order valence-electron chi connectivity index (χ2n) is 7.45. The standard InChI is InChI=1S/C27H29N/c1-2-3-4-5-6-8-11-22-16-19-26(24-12-9-7-10-13-24)27(20-22)25-17-14-23(21-28)15-18-25/h7,9-10,12-20H,2-6,8,11H2,1H3. The van der Waals surface area contributed by atoms with Crippen molar-refractivity contribution in [1.82, 2.24) is 0 Å². The Morgan fingerprint density at radius 1 is 0.679 bits per heavy atom. The first-order valence-electron chi connectivity index (χ1n) is 10.5. The average Bonchev–Trinajstić information content (AvgIpc) is 2.77. The van der Waals surface area contributed by atoms with Crippen LogP contribution in [-0.2, 0) is 6.42 Å². The molecule has 0 amide bonds. The highest BCUT2D eigenvalue weighted by molar-refractivity contribution is 5.84. The molecule has 3 aromatic carbocycles. The van der Waals surface area contributed by atoms with Crippen LogP contribution in [0.4, 0.5) is 0 Å². The van der Waals surface area contributed by atoms with Crippen molar-refractivity contribution in [3.8, 4) is 28.3 Å². The van der Waals surface area contributed by atoms with Crippen LogP contribution >= 0.6 is 0 Å². The van der Waals surface area contributed by atoms with E-state index in [2.05, 4.69) is 73.7 Å². The third kappa shape index (κ3) is 5.33. The maximum absolute atomic E-state index is 9.10. The van der Waals surface area contributed by atoms with E-state index in [-0.39, 0.29) is 0 Å². The van der Waals surface area contributed by atoms with Gasteiger partial charge in [0.1, 0.15) is 0 Å². The molecular formula is C27H29N. The summed E-state index contributed by atoms with van der Waals surface area (Å²) in [5, 5.41) is 9.10. The van der Waals surface area contributed by atoms with E-state index >= 15 is 0 Å². The summed E-state index contributed by atoms with van der Waals surface area (Å²) < 4.78 is 0. The van der Waals surface area contributed by atoms with Crippen molar-refractivity contribution < 1.29 is 0 Å². The number of benzene rings is 3. The third-order valence-corrected chi connectivity index (χ3v) is 5.31. The Morgan fingerprint density at radius 2 is 1.36 bits per heavy atom. The molecule has 0 bridgehead atoms. The van der Waals surface area contributed by atoms with Crippen molar-refractivity contribution in [2.45, 2.75) is 51.9 Å². The lowest BCUT2D eigenvalue weighted by molar-refractivity contribution is 0.607. The molecule has 28 heavy (non-hydrogen) atoms. The average molecular weight is 368 g/mol. The maximum atomic E-state index is 9.10. The topological polar surface area (TPSA) is 23.8 Å². The fourth-order valence-electron chi connectivity index (χ4n) is 3.69. The Bertz CT molecular complexity index is 901. The first-order valence-corrected chi connectivity index (χ1v) is 10.5. The molecule has 0 aliphatic rings. The summed E-state index contributed by atoms with van der Waals surface area (Å²) in [6.07, 6.45) is 9.06. The second-order valence-corrected chi connectivity index (χ2v) is 7.45. The van der Waals surface area contributed by atoms with Crippen molar-refractivity contribution in [3.63, 3.8) is 0 Å². The summed E-state index contributed by atoms with van der Waals surface area (Å²) >= 11 is 0. The van der Waals surface area contributed by atoms with Gasteiger partial charge in [0, 0.05) is 0 Å². The molecule has 1 heteroatoms. The van der Waals surface area contributed by atoms with Gasteiger partial charge in [0.2, 0.25) is 0 Å². The van der Waals surface area contributed by atoms with Crippen LogP contribution in [0.1, 0.15) is 56.6 Å². The van der Waals surface area contributed by atoms with Crippen LogP contribution in [0.25, 0.3) is 22.3 Å². The molecule has 1 nitrogen and oxygen atoms in total. The zero-order valence-electron chi connectivity index (χ0n) is 16.8. The van der Waals surface area contributed by atoms with Gasteiger partial charge in [-0.2, -0.15) is 5.26 Å². The van der Waals surface area contributed by atoms with Crippen LogP contribution in [0.2, 0.25) is 0 Å². The Labute approximate surface area is 169 Å². The van der Waals surface area contributed by atoms with E-state index < -0.39 is 0 Å². The maximum Gasteiger partial charge on any atom is 0.0991 e. The van der Waals surface area contributed by atoms with Crippen LogP contribution < -0.4 is 0 Å². The molecule has 0 heterocycles. The molecule has 0 aliphatic heterocycles. The molecule has 0 N–H and O–H groups in total. The number of unbranched alkanes of at least 4 members (excludes halogenated alkanes) is 5. The van der Waals surface area contributed by atoms with Gasteiger partial charge in [-0.25, -0.2) is 0 Å². The quantitative estimate of drug-likeness (QED) is 0.354. The molecule has 0 fully saturated rings. The minimum absolute atomic E-state index is 0.702. The van der Waals surface area contributed by atoms with E-state index in [9.17, 15) is 0 Å². The van der Waals surface area contributed by atoms with Crippen LogP contribution in [0.15, 0.2) is 72.8 Å². The smallest absolute Gasteiger partial charge is 0.0991 e. The van der Waals surface area contributed by atoms with Gasteiger partial charge < -0.3 is 0 Å². The highest BCUT2D eigenvalue weighted by atomic mass is 14.2. The van der Waals surface area contributed by atoms with Crippen molar-refractivity contribution in [2.75, 3.05) is 0 Å². The molecule has 0 atom stereocenters. The van der Waals surface area contributed by atoms with E-state index in [1.54, 1.807) is 0 Å². The van der Waals surface area contributed by atoms with Crippen LogP contribution in [-0.4, -0.2) is 0 Å². The third-order valence-electron chi connectivity index (χ3n) is 5.31. The molecule has 0 spiro atoms. The molecule has 0 aliphatic carbocycles. The predicted octanol–water partition coefficient (Wildman–Crippen LogP) is 7.80. The van der Waals surface area contributed by atoms with Crippen molar-refractivity contribution in [2.24, 2.45) is 0 Å². The van der Waals surface area contributed by atoms with Crippen molar-refractivity contribution >= 4 is 0 Å². The molecule has 0 unspecified atom stereocenters. The molecule has 0 saturated carbocycles. The summed E-state index contributed by atoms with van der Waals surface area (Å²) in [6, 6.07) is 27.6. The van der Waals surface area contributed by atoms with Crippen LogP contribution in [0.3, 0.4) is 0 Å². The minimum Gasteiger partial charge on any atom is -0.192 e. The number of rotatable bonds is 9. The number of nitrogens with zero attached hydrogens (tertiary/aromatic N) is 1. The summed E-state index contributed by atoms with van der Waals surface area (Å²) in [5.41, 5.74) is 6.99. The van der Waals surface area contributed by atoms with Gasteiger partial charge in [0.15, 0.2) is 0 Å². The lowest BCUT2D eigenvalue weighted by Crippen LogP contribution is -1.91. The van der Waals surface area contributed by atoms with Crippen molar-refractivity contribution in [1.29, 1.82) is 5.26 Å².